The maximum Gasteiger partial charge on any atom is 0.0462 e. The van der Waals surface area contributed by atoms with Gasteiger partial charge in [-0.1, -0.05) is 71.6 Å². The van der Waals surface area contributed by atoms with Crippen molar-refractivity contribution in [2.45, 2.75) is 71.6 Å². The Bertz CT molecular complexity index is 125. The molecule has 3 heteroatoms. The standard InChI is InChI=1S/C11H24.3CHN/c1-3-5-7-9-11-10-8-6-4-2;3*1-2/h3-11H2,1-2H3;3*1H. The molecule has 0 heterocycles. The minimum atomic E-state index is 1.37. The van der Waals surface area contributed by atoms with E-state index in [1.165, 1.54) is 57.8 Å². The third kappa shape index (κ3) is 53.8. The molecule has 0 fully saturated rings. The highest BCUT2D eigenvalue weighted by molar-refractivity contribution is 4.44. The number of rotatable bonds is 8. The lowest BCUT2D eigenvalue weighted by Crippen LogP contribution is -1.79. The highest BCUT2D eigenvalue weighted by Gasteiger charge is 1.88. The minimum Gasteiger partial charge on any atom is -0.202 e. The van der Waals surface area contributed by atoms with Crippen LogP contribution in [0, 0.1) is 35.5 Å². The van der Waals surface area contributed by atoms with Crippen molar-refractivity contribution in [2.24, 2.45) is 0 Å². The van der Waals surface area contributed by atoms with Gasteiger partial charge in [0, 0.05) is 19.7 Å². The largest absolute Gasteiger partial charge is 0.202 e. The highest BCUT2D eigenvalue weighted by atomic mass is 14.2. The maximum absolute atomic E-state index is 6.50. The molecule has 0 bridgehead atoms. The van der Waals surface area contributed by atoms with Gasteiger partial charge in [-0.25, -0.2) is 15.8 Å². The summed E-state index contributed by atoms with van der Waals surface area (Å²) in [5, 5.41) is 19.5. The van der Waals surface area contributed by atoms with E-state index in [1.807, 2.05) is 0 Å². The zero-order chi connectivity index (χ0) is 14.4. The van der Waals surface area contributed by atoms with Crippen LogP contribution in [-0.2, 0) is 0 Å². The van der Waals surface area contributed by atoms with Gasteiger partial charge in [0.15, 0.2) is 0 Å². The first-order chi connectivity index (χ1) is 8.41. The molecular weight excluding hydrogens is 210 g/mol. The first kappa shape index (κ1) is 24.6. The lowest BCUT2D eigenvalue weighted by molar-refractivity contribution is 0.572. The lowest BCUT2D eigenvalue weighted by atomic mass is 10.1. The number of nitriles is 3. The number of unbranched alkanes of at least 4 members (excludes halogenated alkanes) is 8. The molecule has 0 amide bonds. The summed E-state index contributed by atoms with van der Waals surface area (Å²) in [5.74, 6) is 0. The van der Waals surface area contributed by atoms with Gasteiger partial charge in [-0.15, -0.1) is 0 Å². The molecule has 0 atom stereocenters. The molecule has 0 aromatic rings. The summed E-state index contributed by atoms with van der Waals surface area (Å²) < 4.78 is 0. The predicted molar refractivity (Wildman–Crippen MR) is 72.9 cm³/mol. The Labute approximate surface area is 108 Å². The first-order valence-corrected chi connectivity index (χ1v) is 6.19. The monoisotopic (exact) mass is 237 g/mol. The van der Waals surface area contributed by atoms with Crippen LogP contribution in [0.2, 0.25) is 0 Å². The maximum atomic E-state index is 6.50. The van der Waals surface area contributed by atoms with E-state index in [0.717, 1.165) is 0 Å². The van der Waals surface area contributed by atoms with Crippen molar-refractivity contribution in [3.63, 3.8) is 0 Å². The average Bonchev–Trinajstić information content (AvgIpc) is 2.45. The average molecular weight is 237 g/mol. The van der Waals surface area contributed by atoms with E-state index in [-0.39, 0.29) is 0 Å². The normalized spacial score (nSPS) is 7.06. The van der Waals surface area contributed by atoms with E-state index in [4.69, 9.17) is 15.8 Å². The fraction of sp³-hybridized carbons (Fsp3) is 0.786. The topological polar surface area (TPSA) is 71.4 Å². The van der Waals surface area contributed by atoms with Crippen molar-refractivity contribution in [1.29, 1.82) is 15.8 Å². The SMILES string of the molecule is C#N.C#N.C#N.CCCCCCCCCCC. The second-order valence-corrected chi connectivity index (χ2v) is 3.47. The summed E-state index contributed by atoms with van der Waals surface area (Å²) in [6.07, 6.45) is 13.0. The van der Waals surface area contributed by atoms with Crippen LogP contribution in [0.15, 0.2) is 0 Å². The van der Waals surface area contributed by atoms with E-state index in [1.54, 1.807) is 0 Å². The predicted octanol–water partition coefficient (Wildman–Crippen LogP) is 4.96. The van der Waals surface area contributed by atoms with Gasteiger partial charge in [-0.3, -0.25) is 0 Å². The molecule has 17 heavy (non-hydrogen) atoms. The Hall–Kier alpha value is -1.53. The van der Waals surface area contributed by atoms with Crippen molar-refractivity contribution in [3.8, 4) is 19.7 Å². The number of nitrogens with zero attached hydrogens (tertiary/aromatic N) is 3. The van der Waals surface area contributed by atoms with Gasteiger partial charge >= 0.3 is 0 Å². The van der Waals surface area contributed by atoms with Crippen LogP contribution >= 0.6 is 0 Å². The molecule has 0 radical (unpaired) electrons. The van der Waals surface area contributed by atoms with Crippen molar-refractivity contribution >= 4 is 0 Å². The molecule has 0 saturated carbocycles. The fourth-order valence-electron chi connectivity index (χ4n) is 1.38. The van der Waals surface area contributed by atoms with E-state index in [0.29, 0.717) is 0 Å². The van der Waals surface area contributed by atoms with Crippen LogP contribution in [0.5, 0.6) is 0 Å². The van der Waals surface area contributed by atoms with Crippen LogP contribution in [-0.4, -0.2) is 0 Å². The van der Waals surface area contributed by atoms with Gasteiger partial charge in [-0.2, -0.15) is 0 Å². The molecule has 0 aromatic heterocycles. The molecular formula is C14H27N3. The van der Waals surface area contributed by atoms with Crippen LogP contribution in [0.1, 0.15) is 71.6 Å². The van der Waals surface area contributed by atoms with Crippen molar-refractivity contribution in [3.05, 3.63) is 0 Å². The zero-order valence-corrected chi connectivity index (χ0v) is 11.4. The summed E-state index contributed by atoms with van der Waals surface area (Å²) in [5.41, 5.74) is 0. The van der Waals surface area contributed by atoms with E-state index in [2.05, 4.69) is 33.6 Å². The first-order valence-electron chi connectivity index (χ1n) is 6.19. The molecule has 0 aromatic carbocycles. The second kappa shape index (κ2) is 47.1. The third-order valence-electron chi connectivity index (χ3n) is 2.21. The third-order valence-corrected chi connectivity index (χ3v) is 2.21. The molecule has 0 spiro atoms. The summed E-state index contributed by atoms with van der Waals surface area (Å²) >= 11 is 0. The van der Waals surface area contributed by atoms with Crippen molar-refractivity contribution in [2.75, 3.05) is 0 Å². The Morgan fingerprint density at radius 1 is 0.471 bits per heavy atom. The Balaban J connectivity index is -0.000000121. The van der Waals surface area contributed by atoms with Gasteiger partial charge in [0.2, 0.25) is 0 Å². The summed E-state index contributed by atoms with van der Waals surface area (Å²) in [7, 11) is 0. The molecule has 0 aliphatic rings. The zero-order valence-electron chi connectivity index (χ0n) is 11.4. The Morgan fingerprint density at radius 2 is 0.647 bits per heavy atom. The van der Waals surface area contributed by atoms with Crippen molar-refractivity contribution in [1.82, 2.24) is 0 Å². The second-order valence-electron chi connectivity index (χ2n) is 3.47. The smallest absolute Gasteiger partial charge is 0.0462 e. The highest BCUT2D eigenvalue weighted by Crippen LogP contribution is 2.08. The molecule has 0 aliphatic heterocycles. The lowest BCUT2D eigenvalue weighted by Gasteiger charge is -1.98. The Kier molecular flexibility index (Phi) is 68.1. The van der Waals surface area contributed by atoms with E-state index >= 15 is 0 Å². The summed E-state index contributed by atoms with van der Waals surface area (Å²) in [4.78, 5) is 0. The van der Waals surface area contributed by atoms with Crippen LogP contribution in [0.3, 0.4) is 0 Å². The van der Waals surface area contributed by atoms with Gasteiger partial charge < -0.3 is 0 Å². The summed E-state index contributed by atoms with van der Waals surface area (Å²) in [6.45, 7) is 15.0. The van der Waals surface area contributed by atoms with Crippen molar-refractivity contribution < 1.29 is 0 Å². The van der Waals surface area contributed by atoms with Gasteiger partial charge in [0.25, 0.3) is 0 Å². The van der Waals surface area contributed by atoms with Gasteiger partial charge in [0.05, 0.1) is 0 Å². The number of hydrogen-bond donors (Lipinski definition) is 0. The van der Waals surface area contributed by atoms with Gasteiger partial charge in [-0.05, 0) is 0 Å². The fourth-order valence-corrected chi connectivity index (χ4v) is 1.38. The molecule has 0 rings (SSSR count). The molecule has 0 saturated heterocycles. The molecule has 3 nitrogen and oxygen atoms in total. The van der Waals surface area contributed by atoms with E-state index < -0.39 is 0 Å². The van der Waals surface area contributed by atoms with Crippen LogP contribution in [0.25, 0.3) is 0 Å². The molecule has 0 unspecified atom stereocenters. The number of hydrogen-bond acceptors (Lipinski definition) is 3. The van der Waals surface area contributed by atoms with Crippen LogP contribution in [0.4, 0.5) is 0 Å². The van der Waals surface area contributed by atoms with Gasteiger partial charge in [0.1, 0.15) is 0 Å². The molecule has 98 valence electrons. The Morgan fingerprint density at radius 3 is 0.824 bits per heavy atom. The van der Waals surface area contributed by atoms with Crippen LogP contribution < -0.4 is 0 Å². The molecule has 0 aliphatic carbocycles. The molecule has 0 N–H and O–H groups in total. The summed E-state index contributed by atoms with van der Waals surface area (Å²) in [6, 6.07) is 0. The quantitative estimate of drug-likeness (QED) is 0.560. The minimum absolute atomic E-state index is 1.37. The van der Waals surface area contributed by atoms with E-state index in [9.17, 15) is 0 Å².